The van der Waals surface area contributed by atoms with Crippen molar-refractivity contribution < 1.29 is 23.9 Å². The van der Waals surface area contributed by atoms with Gasteiger partial charge in [0.2, 0.25) is 23.8 Å². The van der Waals surface area contributed by atoms with Gasteiger partial charge in [0.15, 0.2) is 0 Å². The van der Waals surface area contributed by atoms with Crippen LogP contribution >= 0.6 is 0 Å². The summed E-state index contributed by atoms with van der Waals surface area (Å²) in [7, 11) is 0. The first-order valence-corrected chi connectivity index (χ1v) is 20.8. The van der Waals surface area contributed by atoms with Gasteiger partial charge in [-0.2, -0.15) is 19.9 Å². The van der Waals surface area contributed by atoms with Crippen LogP contribution in [0.2, 0.25) is 0 Å². The average Bonchev–Trinajstić information content (AvgIpc) is 3.22. The molecule has 6 N–H and O–H groups in total. The molecule has 4 aromatic rings. The molecule has 2 aromatic heterocycles. The number of hydrogen-bond acceptors (Lipinski definition) is 13. The van der Waals surface area contributed by atoms with Crippen LogP contribution in [0, 0.1) is 18.8 Å². The first kappa shape index (κ1) is 45.6. The van der Waals surface area contributed by atoms with Crippen molar-refractivity contribution in [2.45, 2.75) is 98.8 Å². The first-order valence-electron chi connectivity index (χ1n) is 20.8. The third-order valence-electron chi connectivity index (χ3n) is 9.66. The number of esters is 2. The van der Waals surface area contributed by atoms with Gasteiger partial charge < -0.3 is 35.7 Å². The third-order valence-corrected chi connectivity index (χ3v) is 9.66. The van der Waals surface area contributed by atoms with E-state index >= 15 is 0 Å². The van der Waals surface area contributed by atoms with Crippen LogP contribution in [0.25, 0.3) is 0 Å². The summed E-state index contributed by atoms with van der Waals surface area (Å²) >= 11 is 0. The van der Waals surface area contributed by atoms with E-state index in [0.717, 1.165) is 51.4 Å². The Balaban J connectivity index is 1.38. The molecule has 2 heterocycles. The van der Waals surface area contributed by atoms with Gasteiger partial charge in [-0.3, -0.25) is 10.1 Å². The predicted octanol–water partition coefficient (Wildman–Crippen LogP) is 8.51. The summed E-state index contributed by atoms with van der Waals surface area (Å²) in [5.41, 5.74) is 2.34. The average molecular weight is 813 g/mol. The van der Waals surface area contributed by atoms with Crippen LogP contribution in [-0.2, 0) is 9.47 Å². The number of urea groups is 1. The molecule has 0 aliphatic heterocycles. The van der Waals surface area contributed by atoms with Gasteiger partial charge in [0, 0.05) is 36.2 Å². The fraction of sp³-hybridized carbons (Fsp3) is 0.488. The Kier molecular flexibility index (Phi) is 19.1. The van der Waals surface area contributed by atoms with Crippen LogP contribution in [0.3, 0.4) is 0 Å². The van der Waals surface area contributed by atoms with E-state index in [-0.39, 0.29) is 29.8 Å². The molecule has 0 aliphatic rings. The predicted molar refractivity (Wildman–Crippen MR) is 231 cm³/mol. The molecule has 0 bridgehead atoms. The summed E-state index contributed by atoms with van der Waals surface area (Å²) in [5.74, 6) is 0.837. The maximum atomic E-state index is 12.8. The van der Waals surface area contributed by atoms with Gasteiger partial charge in [0.25, 0.3) is 5.56 Å². The zero-order chi connectivity index (χ0) is 42.4. The number of carbonyl (C=O) groups excluding carboxylic acids is 3. The molecule has 0 spiro atoms. The molecule has 0 saturated carbocycles. The number of aromatic amines is 1. The lowest BCUT2D eigenvalue weighted by Crippen LogP contribution is -2.31. The molecule has 4 rings (SSSR count). The fourth-order valence-corrected chi connectivity index (χ4v) is 6.00. The second kappa shape index (κ2) is 24.7. The van der Waals surface area contributed by atoms with Crippen LogP contribution in [0.4, 0.5) is 40.0 Å². The number of anilines is 6. The number of ether oxygens (including phenoxy) is 2. The Morgan fingerprint density at radius 1 is 0.661 bits per heavy atom. The quantitative estimate of drug-likeness (QED) is 0.0274. The van der Waals surface area contributed by atoms with Crippen molar-refractivity contribution in [2.24, 2.45) is 11.8 Å². The number of amides is 2. The summed E-state index contributed by atoms with van der Waals surface area (Å²) in [4.78, 5) is 69.7. The zero-order valence-electron chi connectivity index (χ0n) is 35.0. The molecule has 0 aliphatic carbocycles. The highest BCUT2D eigenvalue weighted by Crippen LogP contribution is 2.22. The molecule has 2 aromatic carbocycles. The second-order valence-corrected chi connectivity index (χ2v) is 14.5. The van der Waals surface area contributed by atoms with E-state index in [4.69, 9.17) is 9.47 Å². The molecular formula is C43H60N10O6. The molecule has 0 radical (unpaired) electrons. The Labute approximate surface area is 346 Å². The maximum absolute atomic E-state index is 12.8. The summed E-state index contributed by atoms with van der Waals surface area (Å²) in [6.07, 6.45) is 9.74. The number of benzene rings is 2. The number of H-pyrrole nitrogens is 1. The van der Waals surface area contributed by atoms with E-state index in [2.05, 4.69) is 79.2 Å². The lowest BCUT2D eigenvalue weighted by Gasteiger charge is -2.15. The van der Waals surface area contributed by atoms with Gasteiger partial charge in [0.1, 0.15) is 0 Å². The van der Waals surface area contributed by atoms with Crippen molar-refractivity contribution in [3.8, 4) is 0 Å². The summed E-state index contributed by atoms with van der Waals surface area (Å²) in [5, 5.41) is 14.9. The number of hydrogen-bond donors (Lipinski definition) is 6. The number of nitrogens with one attached hydrogen (secondary N) is 6. The smallest absolute Gasteiger partial charge is 0.338 e. The van der Waals surface area contributed by atoms with Crippen molar-refractivity contribution >= 4 is 53.1 Å². The van der Waals surface area contributed by atoms with Crippen LogP contribution in [0.1, 0.15) is 118 Å². The van der Waals surface area contributed by atoms with Crippen molar-refractivity contribution in [1.29, 1.82) is 0 Å². The molecular weight excluding hydrogens is 753 g/mol. The van der Waals surface area contributed by atoms with Gasteiger partial charge in [-0.25, -0.2) is 14.4 Å². The summed E-state index contributed by atoms with van der Waals surface area (Å²) in [6.45, 7) is 11.9. The number of aryl methyl sites for hydroxylation is 1. The lowest BCUT2D eigenvalue weighted by molar-refractivity contribution is 0.0419. The number of rotatable bonds is 25. The summed E-state index contributed by atoms with van der Waals surface area (Å²) in [6, 6.07) is 14.7. The van der Waals surface area contributed by atoms with Gasteiger partial charge >= 0.3 is 18.0 Å². The van der Waals surface area contributed by atoms with Gasteiger partial charge in [-0.15, -0.1) is 0 Å². The Bertz CT molecular complexity index is 1880. The monoisotopic (exact) mass is 812 g/mol. The fourth-order valence-electron chi connectivity index (χ4n) is 6.00. The molecule has 16 heteroatoms. The molecule has 0 fully saturated rings. The van der Waals surface area contributed by atoms with Gasteiger partial charge in [-0.1, -0.05) is 66.2 Å². The van der Waals surface area contributed by atoms with Crippen LogP contribution in [0.15, 0.2) is 59.4 Å². The Morgan fingerprint density at radius 2 is 1.15 bits per heavy atom. The van der Waals surface area contributed by atoms with Crippen molar-refractivity contribution in [2.75, 3.05) is 47.6 Å². The Hall–Kier alpha value is -6.06. The molecule has 59 heavy (non-hydrogen) atoms. The minimum absolute atomic E-state index is 0.0752. The minimum Gasteiger partial charge on any atom is -0.462 e. The topological polar surface area (TPSA) is 214 Å². The van der Waals surface area contributed by atoms with E-state index in [1.54, 1.807) is 55.5 Å². The second-order valence-electron chi connectivity index (χ2n) is 14.5. The highest BCUT2D eigenvalue weighted by molar-refractivity contribution is 5.90. The normalized spacial score (nSPS) is 11.9. The molecule has 16 nitrogen and oxygen atoms in total. The Morgan fingerprint density at radius 3 is 1.63 bits per heavy atom. The number of carbonyl (C=O) groups is 3. The van der Waals surface area contributed by atoms with E-state index < -0.39 is 11.6 Å². The van der Waals surface area contributed by atoms with Gasteiger partial charge in [0.05, 0.1) is 24.3 Å². The highest BCUT2D eigenvalue weighted by atomic mass is 16.5. The van der Waals surface area contributed by atoms with E-state index in [1.807, 2.05) is 0 Å². The number of nitrogens with zero attached hydrogens (tertiary/aromatic N) is 4. The van der Waals surface area contributed by atoms with Crippen LogP contribution < -0.4 is 32.1 Å². The molecule has 0 saturated heterocycles. The van der Waals surface area contributed by atoms with Crippen molar-refractivity contribution in [1.82, 2.24) is 30.2 Å². The molecule has 318 valence electrons. The van der Waals surface area contributed by atoms with Crippen molar-refractivity contribution in [3.63, 3.8) is 0 Å². The van der Waals surface area contributed by atoms with E-state index in [9.17, 15) is 19.2 Å². The first-order chi connectivity index (χ1) is 28.6. The zero-order valence-corrected chi connectivity index (χ0v) is 35.0. The molecule has 2 atom stereocenters. The number of unbranched alkanes of at least 4 members (excludes halogenated alkanes) is 3. The van der Waals surface area contributed by atoms with Crippen molar-refractivity contribution in [3.05, 3.63) is 81.8 Å². The van der Waals surface area contributed by atoms with E-state index in [0.29, 0.717) is 85.1 Å². The molecule has 2 amide bonds. The summed E-state index contributed by atoms with van der Waals surface area (Å²) < 4.78 is 11.2. The standard InChI is InChI=1S/C43H60N10O6/c1-6-10-14-30(8-3)27-58-37(55)32-16-20-34(21-17-32)47-41-50-39(44-24-12-13-25-45-43(57)53-40-46-29(5)26-36(54)49-40)51-42(52-41)48-35-22-18-33(19-23-35)38(56)59-28-31(9-4)15-11-7-2/h16-23,26,30-31H,6-15,24-25,27-28H2,1-5H3,(H3,44,47,48,50,51,52)(H3,45,46,49,53,54,57). The lowest BCUT2D eigenvalue weighted by atomic mass is 10.0. The highest BCUT2D eigenvalue weighted by Gasteiger charge is 2.15. The number of aromatic nitrogens is 5. The SMILES string of the molecule is CCCCC(CC)COC(=O)c1ccc(Nc2nc(NCCCCNC(=O)Nc3nc(=O)cc(C)[nH]3)nc(Nc3ccc(C(=O)OCC(CC)CCCC)cc3)n2)cc1. The van der Waals surface area contributed by atoms with E-state index in [1.165, 1.54) is 6.07 Å². The largest absolute Gasteiger partial charge is 0.462 e. The maximum Gasteiger partial charge on any atom is 0.338 e. The van der Waals surface area contributed by atoms with Crippen LogP contribution in [0.5, 0.6) is 0 Å². The third kappa shape index (κ3) is 16.4. The van der Waals surface area contributed by atoms with Crippen LogP contribution in [-0.4, -0.2) is 69.2 Å². The molecule has 2 unspecified atom stereocenters. The van der Waals surface area contributed by atoms with Gasteiger partial charge in [-0.05, 0) is 93.0 Å². The minimum atomic E-state index is -0.481.